The molecular formula is C10H22ClNO4. The highest BCUT2D eigenvalue weighted by Crippen LogP contribution is 2.06. The van der Waals surface area contributed by atoms with Gasteiger partial charge in [-0.2, -0.15) is 0 Å². The maximum Gasteiger partial charge on any atom is 0.361 e. The molecule has 5 nitrogen and oxygen atoms in total. The first kappa shape index (κ1) is 18.0. The predicted molar refractivity (Wildman–Crippen MR) is 56.2 cm³/mol. The molecule has 0 atom stereocenters. The van der Waals surface area contributed by atoms with Crippen LogP contribution in [-0.4, -0.2) is 66.7 Å². The molecule has 0 amide bonds. The number of hydrogen-bond donors (Lipinski definition) is 2. The third-order valence-corrected chi connectivity index (χ3v) is 2.59. The normalized spacial score (nSPS) is 10.8. The molecule has 0 spiro atoms. The molecule has 0 heterocycles. The Morgan fingerprint density at radius 3 is 2.00 bits per heavy atom. The van der Waals surface area contributed by atoms with Gasteiger partial charge in [0.15, 0.2) is 6.54 Å². The van der Waals surface area contributed by atoms with Crippen LogP contribution in [0.1, 0.15) is 13.8 Å². The summed E-state index contributed by atoms with van der Waals surface area (Å²) in [4.78, 5) is 11.4. The summed E-state index contributed by atoms with van der Waals surface area (Å²) in [5.41, 5.74) is 0. The fourth-order valence-corrected chi connectivity index (χ4v) is 1.60. The number of likely N-dealkylation sites (N-methyl/N-ethyl adjacent to an activating group) is 1. The van der Waals surface area contributed by atoms with Crippen molar-refractivity contribution in [2.75, 3.05) is 46.0 Å². The van der Waals surface area contributed by atoms with Gasteiger partial charge in [-0.25, -0.2) is 4.79 Å². The number of aliphatic hydroxyl groups is 2. The molecule has 0 aliphatic carbocycles. The second-order valence-corrected chi connectivity index (χ2v) is 3.52. The van der Waals surface area contributed by atoms with Gasteiger partial charge in [0.25, 0.3) is 0 Å². The Hall–Kier alpha value is -0.360. The molecule has 98 valence electrons. The highest BCUT2D eigenvalue weighted by molar-refractivity contribution is 5.70. The van der Waals surface area contributed by atoms with Crippen LogP contribution < -0.4 is 12.4 Å². The highest BCUT2D eigenvalue weighted by atomic mass is 35.5. The van der Waals surface area contributed by atoms with Crippen molar-refractivity contribution in [2.45, 2.75) is 13.8 Å². The number of carbonyl (C=O) groups is 1. The third kappa shape index (κ3) is 6.27. The van der Waals surface area contributed by atoms with Gasteiger partial charge in [0.2, 0.25) is 0 Å². The average Bonchev–Trinajstić information content (AvgIpc) is 2.18. The summed E-state index contributed by atoms with van der Waals surface area (Å²) in [6, 6.07) is 0. The van der Waals surface area contributed by atoms with Gasteiger partial charge in [-0.05, 0) is 13.8 Å². The van der Waals surface area contributed by atoms with E-state index in [9.17, 15) is 4.79 Å². The van der Waals surface area contributed by atoms with Crippen molar-refractivity contribution < 1.29 is 36.6 Å². The Labute approximate surface area is 103 Å². The maximum atomic E-state index is 11.4. The summed E-state index contributed by atoms with van der Waals surface area (Å²) < 4.78 is 5.25. The lowest BCUT2D eigenvalue weighted by atomic mass is 10.3. The first-order valence-electron chi connectivity index (χ1n) is 5.36. The second kappa shape index (κ2) is 9.84. The lowest BCUT2D eigenvalue weighted by Crippen LogP contribution is -3.00. The number of carbonyl (C=O) groups excluding carboxylic acids is 1. The predicted octanol–water partition coefficient (Wildman–Crippen LogP) is -3.63. The summed E-state index contributed by atoms with van der Waals surface area (Å²) in [6.45, 7) is 5.92. The number of hydrogen-bond acceptors (Lipinski definition) is 4. The van der Waals surface area contributed by atoms with Crippen molar-refractivity contribution in [1.29, 1.82) is 0 Å². The number of esters is 1. The van der Waals surface area contributed by atoms with Crippen LogP contribution in [-0.2, 0) is 9.53 Å². The lowest BCUT2D eigenvalue weighted by molar-refractivity contribution is -0.920. The second-order valence-electron chi connectivity index (χ2n) is 3.52. The molecule has 0 fully saturated rings. The molecule has 2 N–H and O–H groups in total. The molecule has 0 rings (SSSR count). The van der Waals surface area contributed by atoms with Crippen LogP contribution in [0.4, 0.5) is 0 Å². The zero-order valence-corrected chi connectivity index (χ0v) is 10.7. The zero-order chi connectivity index (χ0) is 11.7. The summed E-state index contributed by atoms with van der Waals surface area (Å²) in [5, 5.41) is 17.9. The molecule has 0 aliphatic heterocycles. The molecular weight excluding hydrogens is 234 g/mol. The smallest absolute Gasteiger partial charge is 0.361 e. The minimum atomic E-state index is -0.277. The van der Waals surface area contributed by atoms with Crippen LogP contribution >= 0.6 is 0 Å². The van der Waals surface area contributed by atoms with E-state index in [4.69, 9.17) is 14.9 Å². The summed E-state index contributed by atoms with van der Waals surface area (Å²) in [5.74, 6) is -0.277. The standard InChI is InChI=1S/C10H22NO4.ClH/c1-3-11(5-7-12,6-8-13)9-10(14)15-4-2;/h12-13H,3-9H2,1-2H3;1H/q+1;/p-1. The first-order chi connectivity index (χ1) is 7.14. The largest absolute Gasteiger partial charge is 1.00 e. The summed E-state index contributed by atoms with van der Waals surface area (Å²) >= 11 is 0. The van der Waals surface area contributed by atoms with E-state index in [2.05, 4.69) is 0 Å². The quantitative estimate of drug-likeness (QED) is 0.347. The fourth-order valence-electron chi connectivity index (χ4n) is 1.60. The van der Waals surface area contributed by atoms with Crippen molar-refractivity contribution >= 4 is 5.97 Å². The number of quaternary nitrogens is 1. The molecule has 0 saturated carbocycles. The van der Waals surface area contributed by atoms with Crippen molar-refractivity contribution in [3.8, 4) is 0 Å². The van der Waals surface area contributed by atoms with Gasteiger partial charge in [0.1, 0.15) is 13.1 Å². The molecule has 0 bridgehead atoms. The van der Waals surface area contributed by atoms with E-state index in [1.54, 1.807) is 6.92 Å². The lowest BCUT2D eigenvalue weighted by Gasteiger charge is -2.35. The van der Waals surface area contributed by atoms with Gasteiger partial charge in [0, 0.05) is 0 Å². The maximum absolute atomic E-state index is 11.4. The number of nitrogens with zero attached hydrogens (tertiary/aromatic N) is 1. The first-order valence-corrected chi connectivity index (χ1v) is 5.36. The van der Waals surface area contributed by atoms with E-state index in [0.717, 1.165) is 0 Å². The van der Waals surface area contributed by atoms with E-state index in [1.807, 2.05) is 6.92 Å². The SMILES string of the molecule is CCOC(=O)C[N+](CC)(CCO)CCO.[Cl-]. The van der Waals surface area contributed by atoms with Crippen LogP contribution in [0.3, 0.4) is 0 Å². The van der Waals surface area contributed by atoms with E-state index < -0.39 is 0 Å². The average molecular weight is 256 g/mol. The molecule has 0 saturated heterocycles. The Morgan fingerprint density at radius 2 is 1.69 bits per heavy atom. The Bertz CT molecular complexity index is 184. The highest BCUT2D eigenvalue weighted by Gasteiger charge is 2.28. The van der Waals surface area contributed by atoms with Crippen LogP contribution in [0.15, 0.2) is 0 Å². The Kier molecular flexibility index (Phi) is 11.1. The Balaban J connectivity index is 0. The molecule has 0 aromatic rings. The van der Waals surface area contributed by atoms with Gasteiger partial charge >= 0.3 is 5.97 Å². The summed E-state index contributed by atoms with van der Waals surface area (Å²) in [6.07, 6.45) is 0. The monoisotopic (exact) mass is 255 g/mol. The van der Waals surface area contributed by atoms with Gasteiger partial charge in [-0.1, -0.05) is 0 Å². The van der Waals surface area contributed by atoms with Gasteiger partial charge in [0.05, 0.1) is 26.4 Å². The van der Waals surface area contributed by atoms with E-state index in [1.165, 1.54) is 0 Å². The summed E-state index contributed by atoms with van der Waals surface area (Å²) in [7, 11) is 0. The van der Waals surface area contributed by atoms with Gasteiger partial charge in [-0.3, -0.25) is 0 Å². The van der Waals surface area contributed by atoms with E-state index in [0.29, 0.717) is 30.7 Å². The zero-order valence-electron chi connectivity index (χ0n) is 9.99. The van der Waals surface area contributed by atoms with Crippen molar-refractivity contribution in [1.82, 2.24) is 0 Å². The topological polar surface area (TPSA) is 66.8 Å². The van der Waals surface area contributed by atoms with Gasteiger partial charge in [-0.15, -0.1) is 0 Å². The van der Waals surface area contributed by atoms with Gasteiger partial charge < -0.3 is 31.8 Å². The van der Waals surface area contributed by atoms with Crippen molar-refractivity contribution in [3.63, 3.8) is 0 Å². The van der Waals surface area contributed by atoms with Crippen LogP contribution in [0.2, 0.25) is 0 Å². The van der Waals surface area contributed by atoms with Crippen LogP contribution in [0, 0.1) is 0 Å². The van der Waals surface area contributed by atoms with E-state index in [-0.39, 0.29) is 38.1 Å². The molecule has 0 aromatic heterocycles. The minimum Gasteiger partial charge on any atom is -1.00 e. The molecule has 0 aromatic carbocycles. The Morgan fingerprint density at radius 1 is 1.19 bits per heavy atom. The van der Waals surface area contributed by atoms with Crippen molar-refractivity contribution in [3.05, 3.63) is 0 Å². The molecule has 0 unspecified atom stereocenters. The number of aliphatic hydroxyl groups excluding tert-OH is 2. The van der Waals surface area contributed by atoms with E-state index >= 15 is 0 Å². The fraction of sp³-hybridized carbons (Fsp3) is 0.900. The number of ether oxygens (including phenoxy) is 1. The minimum absolute atomic E-state index is 0. The van der Waals surface area contributed by atoms with Crippen LogP contribution in [0.5, 0.6) is 0 Å². The molecule has 6 heteroatoms. The van der Waals surface area contributed by atoms with Crippen LogP contribution in [0.25, 0.3) is 0 Å². The molecule has 0 radical (unpaired) electrons. The molecule has 0 aliphatic rings. The molecule has 16 heavy (non-hydrogen) atoms. The number of halogens is 1. The third-order valence-electron chi connectivity index (χ3n) is 2.59. The number of rotatable bonds is 8. The van der Waals surface area contributed by atoms with Crippen molar-refractivity contribution in [2.24, 2.45) is 0 Å².